The summed E-state index contributed by atoms with van der Waals surface area (Å²) in [6.07, 6.45) is 0. The number of hydrogen-bond donors (Lipinski definition) is 0. The molecule has 0 aliphatic carbocycles. The molecule has 0 saturated carbocycles. The number of nitrogens with zero attached hydrogens (tertiary/aromatic N) is 3. The number of hydrogen-bond acceptors (Lipinski definition) is 4. The molecule has 0 amide bonds. The Morgan fingerprint density at radius 3 is 0.985 bits per heavy atom. The van der Waals surface area contributed by atoms with Crippen molar-refractivity contribution in [2.45, 2.75) is 13.8 Å². The van der Waals surface area contributed by atoms with Crippen LogP contribution in [0.4, 0.5) is 51.2 Å². The molecule has 0 N–H and O–H groups in total. The van der Waals surface area contributed by atoms with E-state index in [1.54, 1.807) is 0 Å². The number of anilines is 9. The summed E-state index contributed by atoms with van der Waals surface area (Å²) in [5.74, 6) is 0. The third kappa shape index (κ3) is 7.97. The SMILES string of the molecule is Cc1cccc(N(c2ccccc2)c2cc(N(c3ccccc3)c3ccc(-c4ccc5oc6ccc(-c7ccccc7)cc6c5c4)cc3)cc(N(c3ccccc3)c3cccc(C)c3)c2)c1. The summed E-state index contributed by atoms with van der Waals surface area (Å²) in [4.78, 5) is 7.10. The minimum Gasteiger partial charge on any atom is -0.456 e. The molecule has 0 aliphatic rings. The zero-order valence-electron chi connectivity index (χ0n) is 36.9. The third-order valence-electron chi connectivity index (χ3n) is 12.3. The Labute approximate surface area is 386 Å². The molecule has 10 aromatic carbocycles. The fraction of sp³-hybridized carbons (Fsp3) is 0.0323. The Morgan fingerprint density at radius 2 is 0.576 bits per heavy atom. The number of rotatable bonds is 11. The van der Waals surface area contributed by atoms with E-state index in [1.807, 2.05) is 0 Å². The topological polar surface area (TPSA) is 22.9 Å². The Bertz CT molecular complexity index is 3330. The second-order valence-electron chi connectivity index (χ2n) is 16.8. The highest BCUT2D eigenvalue weighted by Gasteiger charge is 2.23. The van der Waals surface area contributed by atoms with E-state index in [9.17, 15) is 0 Å². The number of aryl methyl sites for hydroxylation is 2. The normalized spacial score (nSPS) is 11.2. The van der Waals surface area contributed by atoms with Gasteiger partial charge in [0.1, 0.15) is 11.2 Å². The summed E-state index contributed by atoms with van der Waals surface area (Å²) < 4.78 is 6.35. The minimum absolute atomic E-state index is 0.881. The van der Waals surface area contributed by atoms with Crippen LogP contribution in [0.15, 0.2) is 253 Å². The van der Waals surface area contributed by atoms with Gasteiger partial charge in [0.15, 0.2) is 0 Å². The molecule has 1 heterocycles. The minimum atomic E-state index is 0.881. The summed E-state index contributed by atoms with van der Waals surface area (Å²) in [5, 5.41) is 2.22. The Kier molecular flexibility index (Phi) is 10.7. The lowest BCUT2D eigenvalue weighted by molar-refractivity contribution is 0.669. The van der Waals surface area contributed by atoms with E-state index in [1.165, 1.54) is 22.3 Å². The lowest BCUT2D eigenvalue weighted by atomic mass is 10.00. The molecule has 0 unspecified atom stereocenters. The molecule has 0 aliphatic heterocycles. The first-order chi connectivity index (χ1) is 32.5. The van der Waals surface area contributed by atoms with Gasteiger partial charge >= 0.3 is 0 Å². The Hall–Kier alpha value is -8.60. The van der Waals surface area contributed by atoms with Gasteiger partial charge in [0, 0.05) is 44.9 Å². The number of benzene rings is 10. The quantitative estimate of drug-likeness (QED) is 0.129. The van der Waals surface area contributed by atoms with E-state index >= 15 is 0 Å². The van der Waals surface area contributed by atoms with Crippen LogP contribution in [-0.4, -0.2) is 0 Å². The molecule has 4 heteroatoms. The molecule has 4 nitrogen and oxygen atoms in total. The molecular formula is C62H47N3O. The van der Waals surface area contributed by atoms with Crippen LogP contribution in [0.25, 0.3) is 44.2 Å². The van der Waals surface area contributed by atoms with Crippen LogP contribution in [0, 0.1) is 13.8 Å². The molecule has 0 saturated heterocycles. The standard InChI is InChI=1S/C62H47N3O/c1-44-17-15-27-54(37-44)64(51-23-11-5-12-24-51)57-41-56(42-58(43-57)65(52-25-13-6-14-26-52)55-28-16-18-45(2)38-55)63(50-21-9-4-10-22-50)53-33-29-47(30-34-53)49-32-36-62-60(40-49)59-39-48(31-35-61(59)66-62)46-19-7-3-8-20-46/h3-43H,1-2H3. The van der Waals surface area contributed by atoms with Crippen LogP contribution >= 0.6 is 0 Å². The van der Waals surface area contributed by atoms with Gasteiger partial charge in [-0.15, -0.1) is 0 Å². The van der Waals surface area contributed by atoms with E-state index in [0.717, 1.165) is 84.3 Å². The van der Waals surface area contributed by atoms with Gasteiger partial charge in [-0.25, -0.2) is 0 Å². The van der Waals surface area contributed by atoms with Crippen LogP contribution in [0.1, 0.15) is 11.1 Å². The number of furan rings is 1. The molecule has 0 atom stereocenters. The molecule has 66 heavy (non-hydrogen) atoms. The smallest absolute Gasteiger partial charge is 0.135 e. The van der Waals surface area contributed by atoms with Gasteiger partial charge in [-0.1, -0.05) is 133 Å². The van der Waals surface area contributed by atoms with Crippen molar-refractivity contribution in [3.63, 3.8) is 0 Å². The largest absolute Gasteiger partial charge is 0.456 e. The maximum absolute atomic E-state index is 6.35. The predicted molar refractivity (Wildman–Crippen MR) is 278 cm³/mol. The van der Waals surface area contributed by atoms with Crippen molar-refractivity contribution in [3.8, 4) is 22.3 Å². The van der Waals surface area contributed by atoms with E-state index < -0.39 is 0 Å². The zero-order valence-corrected chi connectivity index (χ0v) is 36.9. The van der Waals surface area contributed by atoms with Gasteiger partial charge in [0.25, 0.3) is 0 Å². The van der Waals surface area contributed by atoms with Gasteiger partial charge in [-0.3, -0.25) is 0 Å². The Morgan fingerprint density at radius 1 is 0.242 bits per heavy atom. The molecule has 316 valence electrons. The lowest BCUT2D eigenvalue weighted by Crippen LogP contribution is -2.16. The van der Waals surface area contributed by atoms with Crippen molar-refractivity contribution >= 4 is 73.1 Å². The van der Waals surface area contributed by atoms with Crippen molar-refractivity contribution < 1.29 is 4.42 Å². The molecule has 0 spiro atoms. The predicted octanol–water partition coefficient (Wildman–Crippen LogP) is 17.9. The molecule has 11 rings (SSSR count). The van der Waals surface area contributed by atoms with Crippen LogP contribution in [0.5, 0.6) is 0 Å². The highest BCUT2D eigenvalue weighted by molar-refractivity contribution is 6.07. The van der Waals surface area contributed by atoms with Crippen molar-refractivity contribution in [3.05, 3.63) is 260 Å². The molecular weight excluding hydrogens is 803 g/mol. The third-order valence-corrected chi connectivity index (χ3v) is 12.3. The van der Waals surface area contributed by atoms with Crippen molar-refractivity contribution in [1.82, 2.24) is 0 Å². The molecule has 0 radical (unpaired) electrons. The van der Waals surface area contributed by atoms with E-state index in [-0.39, 0.29) is 0 Å². The monoisotopic (exact) mass is 849 g/mol. The fourth-order valence-corrected chi connectivity index (χ4v) is 9.14. The summed E-state index contributed by atoms with van der Waals surface area (Å²) in [6, 6.07) is 88.9. The van der Waals surface area contributed by atoms with Gasteiger partial charge in [-0.2, -0.15) is 0 Å². The second-order valence-corrected chi connectivity index (χ2v) is 16.8. The van der Waals surface area contributed by atoms with Crippen LogP contribution in [0.2, 0.25) is 0 Å². The Balaban J connectivity index is 1.08. The summed E-state index contributed by atoms with van der Waals surface area (Å²) in [5.41, 5.74) is 18.3. The van der Waals surface area contributed by atoms with Crippen molar-refractivity contribution in [2.75, 3.05) is 14.7 Å². The number of para-hydroxylation sites is 3. The van der Waals surface area contributed by atoms with Crippen LogP contribution < -0.4 is 14.7 Å². The highest BCUT2D eigenvalue weighted by atomic mass is 16.3. The van der Waals surface area contributed by atoms with E-state index in [2.05, 4.69) is 277 Å². The second kappa shape index (κ2) is 17.5. The first-order valence-electron chi connectivity index (χ1n) is 22.5. The van der Waals surface area contributed by atoms with Gasteiger partial charge < -0.3 is 19.1 Å². The summed E-state index contributed by atoms with van der Waals surface area (Å²) in [7, 11) is 0. The fourth-order valence-electron chi connectivity index (χ4n) is 9.14. The molecule has 0 fully saturated rings. The molecule has 11 aromatic rings. The average molecular weight is 850 g/mol. The van der Waals surface area contributed by atoms with Crippen molar-refractivity contribution in [1.29, 1.82) is 0 Å². The average Bonchev–Trinajstić information content (AvgIpc) is 3.73. The summed E-state index contributed by atoms with van der Waals surface area (Å²) in [6.45, 7) is 4.31. The lowest BCUT2D eigenvalue weighted by Gasteiger charge is -2.33. The van der Waals surface area contributed by atoms with Crippen molar-refractivity contribution in [2.24, 2.45) is 0 Å². The van der Waals surface area contributed by atoms with Crippen LogP contribution in [0.3, 0.4) is 0 Å². The maximum atomic E-state index is 6.35. The first-order valence-corrected chi connectivity index (χ1v) is 22.5. The highest BCUT2D eigenvalue weighted by Crippen LogP contribution is 2.46. The summed E-state index contributed by atoms with van der Waals surface area (Å²) >= 11 is 0. The van der Waals surface area contributed by atoms with Gasteiger partial charge in [0.2, 0.25) is 0 Å². The first kappa shape index (κ1) is 40.2. The van der Waals surface area contributed by atoms with Gasteiger partial charge in [-0.05, 0) is 162 Å². The van der Waals surface area contributed by atoms with E-state index in [0.29, 0.717) is 0 Å². The van der Waals surface area contributed by atoms with Gasteiger partial charge in [0.05, 0.1) is 17.1 Å². The molecule has 1 aromatic heterocycles. The zero-order chi connectivity index (χ0) is 44.4. The molecule has 0 bridgehead atoms. The number of fused-ring (bicyclic) bond motifs is 3. The van der Waals surface area contributed by atoms with Crippen LogP contribution in [-0.2, 0) is 0 Å². The maximum Gasteiger partial charge on any atom is 0.135 e. The van der Waals surface area contributed by atoms with E-state index in [4.69, 9.17) is 4.42 Å².